The molecule has 0 unspecified atom stereocenters. The number of hydrogen-bond donors (Lipinski definition) is 1. The first-order chi connectivity index (χ1) is 9.54. The van der Waals surface area contributed by atoms with Gasteiger partial charge in [-0.05, 0) is 20.3 Å². The summed E-state index contributed by atoms with van der Waals surface area (Å²) in [6.07, 6.45) is 2.13. The molecule has 0 atom stereocenters. The van der Waals surface area contributed by atoms with Crippen molar-refractivity contribution in [1.29, 1.82) is 0 Å². The molecule has 1 aromatic heterocycles. The smallest absolute Gasteiger partial charge is 0.349 e. The van der Waals surface area contributed by atoms with Crippen LogP contribution in [0.15, 0.2) is 6.20 Å². The van der Waals surface area contributed by atoms with Crippen molar-refractivity contribution < 1.29 is 14.4 Å². The molecular weight excluding hydrogens is 264 g/mol. The average molecular weight is 284 g/mol. The van der Waals surface area contributed by atoms with Crippen LogP contribution in [0.1, 0.15) is 27.2 Å². The molecule has 0 saturated heterocycles. The Morgan fingerprint density at radius 1 is 1.45 bits per heavy atom. The molecule has 1 aromatic rings. The number of nitro groups is 1. The molecule has 8 heteroatoms. The van der Waals surface area contributed by atoms with Gasteiger partial charge in [0.05, 0.1) is 17.6 Å². The molecule has 20 heavy (non-hydrogen) atoms. The normalized spacial score (nSPS) is 10.6. The van der Waals surface area contributed by atoms with Gasteiger partial charge in [0.1, 0.15) is 12.8 Å². The van der Waals surface area contributed by atoms with Gasteiger partial charge in [-0.2, -0.15) is 4.98 Å². The van der Waals surface area contributed by atoms with Gasteiger partial charge >= 0.3 is 5.69 Å². The molecule has 112 valence electrons. The third kappa shape index (κ3) is 5.35. The van der Waals surface area contributed by atoms with Gasteiger partial charge in [-0.25, -0.2) is 4.98 Å². The molecule has 0 aliphatic carbocycles. The molecular formula is C12H20N4O4. The molecule has 1 N–H and O–H groups in total. The summed E-state index contributed by atoms with van der Waals surface area (Å²) < 4.78 is 10.6. The maximum atomic E-state index is 10.9. The van der Waals surface area contributed by atoms with E-state index in [9.17, 15) is 10.1 Å². The van der Waals surface area contributed by atoms with E-state index < -0.39 is 4.92 Å². The van der Waals surface area contributed by atoms with Crippen molar-refractivity contribution in [1.82, 2.24) is 9.97 Å². The lowest BCUT2D eigenvalue weighted by molar-refractivity contribution is -0.386. The topological polar surface area (TPSA) is 99.4 Å². The molecule has 8 nitrogen and oxygen atoms in total. The summed E-state index contributed by atoms with van der Waals surface area (Å²) in [7, 11) is 0. The largest absolute Gasteiger partial charge is 0.470 e. The number of hydrogen-bond acceptors (Lipinski definition) is 7. The minimum atomic E-state index is -0.567. The van der Waals surface area contributed by atoms with Crippen molar-refractivity contribution in [2.45, 2.75) is 33.3 Å². The van der Waals surface area contributed by atoms with Crippen LogP contribution in [0.4, 0.5) is 11.6 Å². The van der Waals surface area contributed by atoms with Crippen LogP contribution in [0.3, 0.4) is 0 Å². The second kappa shape index (κ2) is 8.26. The highest BCUT2D eigenvalue weighted by molar-refractivity contribution is 5.43. The number of nitrogens with zero attached hydrogens (tertiary/aromatic N) is 3. The number of ether oxygens (including phenoxy) is 2. The standard InChI is InChI=1S/C12H20N4O4/c1-4-5-13-12-14-8-10(16(17)18)11(15-12)20-7-6-19-9(2)3/h8-9H,4-7H2,1-3H3,(H,13,14,15). The van der Waals surface area contributed by atoms with Crippen LogP contribution in [0, 0.1) is 10.1 Å². The maximum Gasteiger partial charge on any atom is 0.349 e. The summed E-state index contributed by atoms with van der Waals surface area (Å²) in [5.41, 5.74) is -0.253. The van der Waals surface area contributed by atoms with Crippen molar-refractivity contribution in [2.24, 2.45) is 0 Å². The number of rotatable bonds is 9. The monoisotopic (exact) mass is 284 g/mol. The second-order valence-corrected chi connectivity index (χ2v) is 4.34. The zero-order valence-corrected chi connectivity index (χ0v) is 12.0. The van der Waals surface area contributed by atoms with Crippen molar-refractivity contribution in [3.63, 3.8) is 0 Å². The highest BCUT2D eigenvalue weighted by Gasteiger charge is 2.18. The van der Waals surface area contributed by atoms with Crippen LogP contribution in [0.2, 0.25) is 0 Å². The fraction of sp³-hybridized carbons (Fsp3) is 0.667. The van der Waals surface area contributed by atoms with E-state index in [1.807, 2.05) is 20.8 Å². The summed E-state index contributed by atoms with van der Waals surface area (Å²) in [4.78, 5) is 18.2. The number of anilines is 1. The zero-order chi connectivity index (χ0) is 15.0. The van der Waals surface area contributed by atoms with E-state index >= 15 is 0 Å². The molecule has 0 aliphatic rings. The van der Waals surface area contributed by atoms with Gasteiger partial charge in [0.2, 0.25) is 5.95 Å². The zero-order valence-electron chi connectivity index (χ0n) is 12.0. The summed E-state index contributed by atoms with van der Waals surface area (Å²) in [6.45, 7) is 7.03. The van der Waals surface area contributed by atoms with E-state index in [0.717, 1.165) is 12.6 Å². The molecule has 0 spiro atoms. The molecule has 1 heterocycles. The van der Waals surface area contributed by atoms with Gasteiger partial charge in [0, 0.05) is 6.54 Å². The molecule has 0 aliphatic heterocycles. The van der Waals surface area contributed by atoms with Crippen LogP contribution >= 0.6 is 0 Å². The average Bonchev–Trinajstić information content (AvgIpc) is 2.41. The molecule has 0 aromatic carbocycles. The summed E-state index contributed by atoms with van der Waals surface area (Å²) in [5.74, 6) is 0.271. The van der Waals surface area contributed by atoms with Crippen LogP contribution in [0.5, 0.6) is 5.88 Å². The Morgan fingerprint density at radius 2 is 2.20 bits per heavy atom. The Labute approximate surface area is 117 Å². The Kier molecular flexibility index (Phi) is 6.65. The highest BCUT2D eigenvalue weighted by Crippen LogP contribution is 2.24. The van der Waals surface area contributed by atoms with E-state index in [1.54, 1.807) is 0 Å². The Morgan fingerprint density at radius 3 is 2.80 bits per heavy atom. The minimum absolute atomic E-state index is 0.0454. The first-order valence-electron chi connectivity index (χ1n) is 6.54. The number of nitrogens with one attached hydrogen (secondary N) is 1. The predicted octanol–water partition coefficient (Wildman–Crippen LogP) is 2.01. The van der Waals surface area contributed by atoms with Crippen LogP contribution in [-0.4, -0.2) is 40.8 Å². The Balaban J connectivity index is 2.70. The fourth-order valence-corrected chi connectivity index (χ4v) is 1.34. The van der Waals surface area contributed by atoms with Gasteiger partial charge < -0.3 is 14.8 Å². The van der Waals surface area contributed by atoms with Crippen molar-refractivity contribution in [2.75, 3.05) is 25.1 Å². The quantitative estimate of drug-likeness (QED) is 0.420. The lowest BCUT2D eigenvalue weighted by atomic mass is 10.5. The lowest BCUT2D eigenvalue weighted by Crippen LogP contribution is -2.13. The third-order valence-corrected chi connectivity index (χ3v) is 2.24. The molecule has 0 amide bonds. The first-order valence-corrected chi connectivity index (χ1v) is 6.54. The lowest BCUT2D eigenvalue weighted by Gasteiger charge is -2.09. The molecule has 1 rings (SSSR count). The fourth-order valence-electron chi connectivity index (χ4n) is 1.34. The van der Waals surface area contributed by atoms with E-state index in [-0.39, 0.29) is 24.3 Å². The van der Waals surface area contributed by atoms with E-state index in [2.05, 4.69) is 15.3 Å². The maximum absolute atomic E-state index is 10.9. The van der Waals surface area contributed by atoms with E-state index in [0.29, 0.717) is 19.1 Å². The van der Waals surface area contributed by atoms with Crippen molar-refractivity contribution in [3.05, 3.63) is 16.3 Å². The van der Waals surface area contributed by atoms with E-state index in [4.69, 9.17) is 9.47 Å². The first kappa shape index (κ1) is 16.1. The van der Waals surface area contributed by atoms with Crippen LogP contribution < -0.4 is 10.1 Å². The van der Waals surface area contributed by atoms with Gasteiger partial charge in [0.15, 0.2) is 0 Å². The second-order valence-electron chi connectivity index (χ2n) is 4.34. The molecule has 0 saturated carbocycles. The number of aromatic nitrogens is 2. The molecule has 0 radical (unpaired) electrons. The molecule has 0 bridgehead atoms. The van der Waals surface area contributed by atoms with Crippen LogP contribution in [0.25, 0.3) is 0 Å². The predicted molar refractivity (Wildman–Crippen MR) is 74.1 cm³/mol. The van der Waals surface area contributed by atoms with Gasteiger partial charge in [-0.3, -0.25) is 10.1 Å². The summed E-state index contributed by atoms with van der Waals surface area (Å²) >= 11 is 0. The summed E-state index contributed by atoms with van der Waals surface area (Å²) in [5, 5.41) is 13.8. The Bertz CT molecular complexity index is 439. The van der Waals surface area contributed by atoms with Crippen molar-refractivity contribution >= 4 is 11.6 Å². The molecule has 0 fully saturated rings. The van der Waals surface area contributed by atoms with Crippen LogP contribution in [-0.2, 0) is 4.74 Å². The van der Waals surface area contributed by atoms with Gasteiger partial charge in [-0.1, -0.05) is 6.92 Å². The SMILES string of the molecule is CCCNc1ncc([N+](=O)[O-])c(OCCOC(C)C)n1. The highest BCUT2D eigenvalue weighted by atomic mass is 16.6. The summed E-state index contributed by atoms with van der Waals surface area (Å²) in [6, 6.07) is 0. The Hall–Kier alpha value is -1.96. The van der Waals surface area contributed by atoms with Gasteiger partial charge in [-0.15, -0.1) is 0 Å². The van der Waals surface area contributed by atoms with Gasteiger partial charge in [0.25, 0.3) is 5.88 Å². The van der Waals surface area contributed by atoms with E-state index in [1.165, 1.54) is 0 Å². The van der Waals surface area contributed by atoms with Crippen molar-refractivity contribution in [3.8, 4) is 5.88 Å². The minimum Gasteiger partial charge on any atom is -0.470 e. The third-order valence-electron chi connectivity index (χ3n) is 2.24.